The molecule has 4 rings (SSSR count). The number of hydrogen-bond acceptors (Lipinski definition) is 4. The maximum Gasteiger partial charge on any atom is 0.407 e. The zero-order chi connectivity index (χ0) is 23.2. The van der Waals surface area contributed by atoms with E-state index in [1.165, 1.54) is 0 Å². The molecule has 0 aliphatic heterocycles. The molecule has 0 fully saturated rings. The second kappa shape index (κ2) is 10.3. The fourth-order valence-electron chi connectivity index (χ4n) is 4.53. The lowest BCUT2D eigenvalue weighted by Gasteiger charge is -2.20. The maximum atomic E-state index is 12.6. The molecule has 1 atom stereocenters. The molecule has 2 aliphatic rings. The normalized spacial score (nSPS) is 15.5. The zero-order valence-electron chi connectivity index (χ0n) is 18.3. The number of carboxylic acids is 1. The van der Waals surface area contributed by atoms with Crippen LogP contribution in [0.4, 0.5) is 4.79 Å². The van der Waals surface area contributed by atoms with E-state index in [9.17, 15) is 14.4 Å². The molecule has 2 amide bonds. The van der Waals surface area contributed by atoms with Crippen molar-refractivity contribution in [2.24, 2.45) is 5.92 Å². The Morgan fingerprint density at radius 1 is 0.970 bits per heavy atom. The lowest BCUT2D eigenvalue weighted by molar-refractivity contribution is -0.137. The highest BCUT2D eigenvalue weighted by molar-refractivity contribution is 5.86. The molecular formula is C26H28N2O5. The van der Waals surface area contributed by atoms with Gasteiger partial charge >= 0.3 is 12.1 Å². The van der Waals surface area contributed by atoms with Gasteiger partial charge in [0.2, 0.25) is 5.91 Å². The Balaban J connectivity index is 1.37. The molecule has 0 spiro atoms. The Labute approximate surface area is 192 Å². The van der Waals surface area contributed by atoms with Gasteiger partial charge in [-0.25, -0.2) is 4.79 Å². The van der Waals surface area contributed by atoms with Gasteiger partial charge < -0.3 is 20.5 Å². The second-order valence-corrected chi connectivity index (χ2v) is 8.51. The summed E-state index contributed by atoms with van der Waals surface area (Å²) in [5.41, 5.74) is 4.44. The Morgan fingerprint density at radius 3 is 2.18 bits per heavy atom. The summed E-state index contributed by atoms with van der Waals surface area (Å²) in [4.78, 5) is 36.2. The minimum absolute atomic E-state index is 0.00568. The Morgan fingerprint density at radius 2 is 1.58 bits per heavy atom. The van der Waals surface area contributed by atoms with E-state index in [4.69, 9.17) is 9.84 Å². The fraction of sp³-hybridized carbons (Fsp3) is 0.346. The topological polar surface area (TPSA) is 105 Å². The molecule has 2 aromatic rings. The quantitative estimate of drug-likeness (QED) is 0.506. The van der Waals surface area contributed by atoms with Crippen molar-refractivity contribution in [2.45, 2.75) is 37.6 Å². The first-order chi connectivity index (χ1) is 16.0. The van der Waals surface area contributed by atoms with Crippen LogP contribution in [0, 0.1) is 5.92 Å². The highest BCUT2D eigenvalue weighted by Crippen LogP contribution is 2.44. The number of hydrogen-bond donors (Lipinski definition) is 3. The summed E-state index contributed by atoms with van der Waals surface area (Å²) in [7, 11) is 0. The molecule has 0 saturated heterocycles. The van der Waals surface area contributed by atoms with Gasteiger partial charge in [-0.05, 0) is 47.4 Å². The summed E-state index contributed by atoms with van der Waals surface area (Å²) in [5.74, 6) is -1.17. The SMILES string of the molecule is O=C(O)CCC(NC(=O)OCC1c2ccccc2-c2ccccc21)C(=O)NCC1CC=CC1. The molecule has 0 aromatic heterocycles. The largest absolute Gasteiger partial charge is 0.481 e. The standard InChI is InChI=1S/C26H28N2O5/c29-24(30)14-13-23(25(31)27-15-17-7-1-2-8-17)28-26(32)33-16-22-20-11-5-3-9-18(20)19-10-4-6-12-21(19)22/h1-6,9-12,17,22-23H,7-8,13-16H2,(H,27,31)(H,28,32)(H,29,30). The van der Waals surface area contributed by atoms with Crippen LogP contribution in [0.5, 0.6) is 0 Å². The predicted molar refractivity (Wildman–Crippen MR) is 124 cm³/mol. The third kappa shape index (κ3) is 5.42. The minimum Gasteiger partial charge on any atom is -0.481 e. The summed E-state index contributed by atoms with van der Waals surface area (Å²) in [5, 5.41) is 14.4. The molecule has 7 nitrogen and oxygen atoms in total. The van der Waals surface area contributed by atoms with Gasteiger partial charge in [0, 0.05) is 18.9 Å². The predicted octanol–water partition coefficient (Wildman–Crippen LogP) is 3.84. The van der Waals surface area contributed by atoms with Crippen molar-refractivity contribution in [3.8, 4) is 11.1 Å². The Bertz CT molecular complexity index is 1010. The third-order valence-corrected chi connectivity index (χ3v) is 6.27. The number of rotatable bonds is 9. The van der Waals surface area contributed by atoms with Gasteiger partial charge in [0.15, 0.2) is 0 Å². The average Bonchev–Trinajstić information content (AvgIpc) is 3.45. The molecule has 2 aliphatic carbocycles. The van der Waals surface area contributed by atoms with Gasteiger partial charge in [-0.2, -0.15) is 0 Å². The number of benzene rings is 2. The molecule has 0 bridgehead atoms. The highest BCUT2D eigenvalue weighted by atomic mass is 16.5. The molecular weight excluding hydrogens is 420 g/mol. The van der Waals surface area contributed by atoms with Crippen molar-refractivity contribution in [3.63, 3.8) is 0 Å². The number of carboxylic acid groups (broad SMARTS) is 1. The molecule has 0 saturated carbocycles. The number of aliphatic carboxylic acids is 1. The van der Waals surface area contributed by atoms with E-state index >= 15 is 0 Å². The van der Waals surface area contributed by atoms with E-state index < -0.39 is 24.0 Å². The second-order valence-electron chi connectivity index (χ2n) is 8.51. The number of carbonyl (C=O) groups excluding carboxylic acids is 2. The number of fused-ring (bicyclic) bond motifs is 3. The van der Waals surface area contributed by atoms with E-state index in [0.29, 0.717) is 12.5 Å². The third-order valence-electron chi connectivity index (χ3n) is 6.27. The summed E-state index contributed by atoms with van der Waals surface area (Å²) >= 11 is 0. The molecule has 0 heterocycles. The number of ether oxygens (including phenoxy) is 1. The summed E-state index contributed by atoms with van der Waals surface area (Å²) in [6.45, 7) is 0.614. The number of alkyl carbamates (subject to hydrolysis) is 1. The van der Waals surface area contributed by atoms with E-state index in [1.54, 1.807) is 0 Å². The van der Waals surface area contributed by atoms with Crippen molar-refractivity contribution >= 4 is 18.0 Å². The van der Waals surface area contributed by atoms with Crippen molar-refractivity contribution in [2.75, 3.05) is 13.2 Å². The van der Waals surface area contributed by atoms with Gasteiger partial charge in [0.25, 0.3) is 0 Å². The molecule has 3 N–H and O–H groups in total. The van der Waals surface area contributed by atoms with Crippen LogP contribution in [0.25, 0.3) is 11.1 Å². The van der Waals surface area contributed by atoms with Crippen LogP contribution < -0.4 is 10.6 Å². The average molecular weight is 449 g/mol. The minimum atomic E-state index is -1.03. The molecule has 7 heteroatoms. The molecule has 2 aromatic carbocycles. The zero-order valence-corrected chi connectivity index (χ0v) is 18.3. The van der Waals surface area contributed by atoms with Gasteiger partial charge in [-0.15, -0.1) is 0 Å². The number of carbonyl (C=O) groups is 3. The van der Waals surface area contributed by atoms with Crippen molar-refractivity contribution < 1.29 is 24.2 Å². The van der Waals surface area contributed by atoms with Crippen LogP contribution in [0.15, 0.2) is 60.7 Å². The highest BCUT2D eigenvalue weighted by Gasteiger charge is 2.30. The van der Waals surface area contributed by atoms with Crippen molar-refractivity contribution in [3.05, 3.63) is 71.8 Å². The van der Waals surface area contributed by atoms with Crippen LogP contribution >= 0.6 is 0 Å². The van der Waals surface area contributed by atoms with Crippen LogP contribution in [-0.4, -0.2) is 42.3 Å². The first-order valence-corrected chi connectivity index (χ1v) is 11.3. The van der Waals surface area contributed by atoms with Crippen molar-refractivity contribution in [1.29, 1.82) is 0 Å². The van der Waals surface area contributed by atoms with Gasteiger partial charge in [-0.1, -0.05) is 60.7 Å². The van der Waals surface area contributed by atoms with E-state index in [1.807, 2.05) is 36.4 Å². The Kier molecular flexibility index (Phi) is 7.07. The fourth-order valence-corrected chi connectivity index (χ4v) is 4.53. The van der Waals surface area contributed by atoms with Crippen molar-refractivity contribution in [1.82, 2.24) is 10.6 Å². The molecule has 1 unspecified atom stereocenters. The smallest absolute Gasteiger partial charge is 0.407 e. The first kappa shape index (κ1) is 22.6. The Hall–Kier alpha value is -3.61. The van der Waals surface area contributed by atoms with Gasteiger partial charge in [0.1, 0.15) is 12.6 Å². The number of amides is 2. The first-order valence-electron chi connectivity index (χ1n) is 11.3. The van der Waals surface area contributed by atoms with Crippen LogP contribution in [0.1, 0.15) is 42.7 Å². The maximum absolute atomic E-state index is 12.6. The summed E-state index contributed by atoms with van der Waals surface area (Å²) in [6.07, 6.45) is 4.99. The number of allylic oxidation sites excluding steroid dienone is 2. The summed E-state index contributed by atoms with van der Waals surface area (Å²) in [6, 6.07) is 15.1. The molecule has 33 heavy (non-hydrogen) atoms. The lowest BCUT2D eigenvalue weighted by Crippen LogP contribution is -2.48. The van der Waals surface area contributed by atoms with Crippen LogP contribution in [0.2, 0.25) is 0 Å². The summed E-state index contributed by atoms with van der Waals surface area (Å²) < 4.78 is 5.52. The lowest BCUT2D eigenvalue weighted by atomic mass is 9.98. The number of nitrogens with one attached hydrogen (secondary N) is 2. The molecule has 0 radical (unpaired) electrons. The van der Waals surface area contributed by atoms with E-state index in [2.05, 4.69) is 34.9 Å². The monoisotopic (exact) mass is 448 g/mol. The van der Waals surface area contributed by atoms with Gasteiger partial charge in [-0.3, -0.25) is 9.59 Å². The van der Waals surface area contributed by atoms with E-state index in [-0.39, 0.29) is 25.4 Å². The van der Waals surface area contributed by atoms with E-state index in [0.717, 1.165) is 35.1 Å². The van der Waals surface area contributed by atoms with Crippen LogP contribution in [-0.2, 0) is 14.3 Å². The van der Waals surface area contributed by atoms with Gasteiger partial charge in [0.05, 0.1) is 0 Å². The molecule has 172 valence electrons. The van der Waals surface area contributed by atoms with Crippen LogP contribution in [0.3, 0.4) is 0 Å².